The van der Waals surface area contributed by atoms with Gasteiger partial charge in [-0.1, -0.05) is 23.2 Å². The predicted molar refractivity (Wildman–Crippen MR) is 70.7 cm³/mol. The fourth-order valence-electron chi connectivity index (χ4n) is 1.97. The van der Waals surface area contributed by atoms with Crippen molar-refractivity contribution < 1.29 is 4.79 Å². The second kappa shape index (κ2) is 5.25. The van der Waals surface area contributed by atoms with Crippen LogP contribution in [0.2, 0.25) is 10.0 Å². The van der Waals surface area contributed by atoms with Gasteiger partial charge in [0.1, 0.15) is 0 Å². The first-order chi connectivity index (χ1) is 8.06. The molecule has 0 radical (unpaired) electrons. The molecule has 2 rings (SSSR count). The molecule has 5 heteroatoms. The Bertz CT molecular complexity index is 437. The van der Waals surface area contributed by atoms with Gasteiger partial charge >= 0.3 is 0 Å². The number of benzene rings is 1. The molecule has 0 spiro atoms. The zero-order chi connectivity index (χ0) is 12.4. The minimum Gasteiger partial charge on any atom is -0.326 e. The molecule has 0 aliphatic carbocycles. The Morgan fingerprint density at radius 1 is 1.41 bits per heavy atom. The smallest absolute Gasteiger partial charge is 0.228 e. The van der Waals surface area contributed by atoms with Crippen LogP contribution in [0.1, 0.15) is 6.42 Å². The number of carbonyl (C=O) groups excluding carboxylic acids is 1. The van der Waals surface area contributed by atoms with Crippen molar-refractivity contribution in [3.8, 4) is 0 Å². The maximum absolute atomic E-state index is 11.9. The lowest BCUT2D eigenvalue weighted by atomic mass is 10.1. The predicted octanol–water partition coefficient (Wildman–Crippen LogP) is 2.88. The summed E-state index contributed by atoms with van der Waals surface area (Å²) in [7, 11) is 2.02. The Balaban J connectivity index is 2.00. The molecule has 1 aliphatic rings. The van der Waals surface area contributed by atoms with Gasteiger partial charge in [0, 0.05) is 12.2 Å². The van der Waals surface area contributed by atoms with Crippen LogP contribution in [-0.2, 0) is 4.79 Å². The van der Waals surface area contributed by atoms with E-state index in [1.54, 1.807) is 18.2 Å². The van der Waals surface area contributed by atoms with Gasteiger partial charge in [-0.15, -0.1) is 0 Å². The molecule has 0 aromatic heterocycles. The fraction of sp³-hybridized carbons (Fsp3) is 0.417. The standard InChI is InChI=1S/C12H14Cl2N2O/c1-16-5-4-8(7-16)12(17)15-9-2-3-10(13)11(14)6-9/h2-3,6,8H,4-5,7H2,1H3,(H,15,17). The van der Waals surface area contributed by atoms with E-state index >= 15 is 0 Å². The Hall–Kier alpha value is -0.770. The minimum absolute atomic E-state index is 0.0488. The van der Waals surface area contributed by atoms with Crippen molar-refractivity contribution in [3.05, 3.63) is 28.2 Å². The number of likely N-dealkylation sites (tertiary alicyclic amines) is 1. The van der Waals surface area contributed by atoms with E-state index in [1.165, 1.54) is 0 Å². The third kappa shape index (κ3) is 3.12. The summed E-state index contributed by atoms with van der Waals surface area (Å²) < 4.78 is 0. The zero-order valence-electron chi connectivity index (χ0n) is 9.54. The number of nitrogens with one attached hydrogen (secondary N) is 1. The first-order valence-corrected chi connectivity index (χ1v) is 6.26. The van der Waals surface area contributed by atoms with Crippen molar-refractivity contribution in [1.29, 1.82) is 0 Å². The van der Waals surface area contributed by atoms with Gasteiger partial charge < -0.3 is 10.2 Å². The SMILES string of the molecule is CN1CCC(C(=O)Nc2ccc(Cl)c(Cl)c2)C1. The summed E-state index contributed by atoms with van der Waals surface area (Å²) in [6, 6.07) is 5.10. The molecule has 92 valence electrons. The number of halogens is 2. The first kappa shape index (κ1) is 12.7. The monoisotopic (exact) mass is 272 g/mol. The van der Waals surface area contributed by atoms with E-state index < -0.39 is 0 Å². The molecule has 1 aromatic carbocycles. The maximum atomic E-state index is 11.9. The Morgan fingerprint density at radius 2 is 2.18 bits per heavy atom. The van der Waals surface area contributed by atoms with E-state index in [2.05, 4.69) is 10.2 Å². The molecule has 1 aromatic rings. The van der Waals surface area contributed by atoms with Gasteiger partial charge in [0.2, 0.25) is 5.91 Å². The van der Waals surface area contributed by atoms with Crippen molar-refractivity contribution in [1.82, 2.24) is 4.90 Å². The van der Waals surface area contributed by atoms with Crippen molar-refractivity contribution in [3.63, 3.8) is 0 Å². The topological polar surface area (TPSA) is 32.3 Å². The largest absolute Gasteiger partial charge is 0.326 e. The number of amides is 1. The average Bonchev–Trinajstić information content (AvgIpc) is 2.70. The molecule has 1 N–H and O–H groups in total. The molecule has 0 saturated carbocycles. The van der Waals surface area contributed by atoms with Crippen LogP contribution in [0.3, 0.4) is 0 Å². The molecule has 17 heavy (non-hydrogen) atoms. The van der Waals surface area contributed by atoms with Gasteiger partial charge in [0.05, 0.1) is 16.0 Å². The highest BCUT2D eigenvalue weighted by molar-refractivity contribution is 6.42. The number of hydrogen-bond donors (Lipinski definition) is 1. The molecule has 1 unspecified atom stereocenters. The van der Waals surface area contributed by atoms with Gasteiger partial charge in [-0.2, -0.15) is 0 Å². The lowest BCUT2D eigenvalue weighted by molar-refractivity contribution is -0.119. The highest BCUT2D eigenvalue weighted by Gasteiger charge is 2.26. The number of rotatable bonds is 2. The van der Waals surface area contributed by atoms with Crippen LogP contribution in [-0.4, -0.2) is 30.9 Å². The van der Waals surface area contributed by atoms with Crippen LogP contribution in [0, 0.1) is 5.92 Å². The highest BCUT2D eigenvalue weighted by atomic mass is 35.5. The van der Waals surface area contributed by atoms with E-state index in [-0.39, 0.29) is 11.8 Å². The van der Waals surface area contributed by atoms with Crippen molar-refractivity contribution in [2.75, 3.05) is 25.5 Å². The van der Waals surface area contributed by atoms with Gasteiger partial charge in [-0.05, 0) is 38.2 Å². The lowest BCUT2D eigenvalue weighted by Gasteiger charge is -2.11. The quantitative estimate of drug-likeness (QED) is 0.898. The zero-order valence-corrected chi connectivity index (χ0v) is 11.1. The minimum atomic E-state index is 0.0488. The van der Waals surface area contributed by atoms with Gasteiger partial charge in [0.25, 0.3) is 0 Å². The highest BCUT2D eigenvalue weighted by Crippen LogP contribution is 2.25. The van der Waals surface area contributed by atoms with E-state index in [0.717, 1.165) is 19.5 Å². The second-order valence-corrected chi connectivity index (χ2v) is 5.18. The molecule has 1 heterocycles. The summed E-state index contributed by atoms with van der Waals surface area (Å²) in [6.45, 7) is 1.78. The maximum Gasteiger partial charge on any atom is 0.228 e. The molecule has 1 saturated heterocycles. The van der Waals surface area contributed by atoms with Crippen LogP contribution in [0.15, 0.2) is 18.2 Å². The van der Waals surface area contributed by atoms with Crippen molar-refractivity contribution in [2.45, 2.75) is 6.42 Å². The van der Waals surface area contributed by atoms with Crippen molar-refractivity contribution in [2.24, 2.45) is 5.92 Å². The van der Waals surface area contributed by atoms with E-state index in [0.29, 0.717) is 15.7 Å². The number of carbonyl (C=O) groups is 1. The first-order valence-electron chi connectivity index (χ1n) is 5.50. The fourth-order valence-corrected chi connectivity index (χ4v) is 2.27. The Morgan fingerprint density at radius 3 is 2.76 bits per heavy atom. The lowest BCUT2D eigenvalue weighted by Crippen LogP contribution is -2.25. The summed E-state index contributed by atoms with van der Waals surface area (Å²) in [5, 5.41) is 3.81. The van der Waals surface area contributed by atoms with Crippen molar-refractivity contribution >= 4 is 34.8 Å². The molecular weight excluding hydrogens is 259 g/mol. The van der Waals surface area contributed by atoms with Gasteiger partial charge in [-0.3, -0.25) is 4.79 Å². The van der Waals surface area contributed by atoms with Crippen LogP contribution in [0.4, 0.5) is 5.69 Å². The molecule has 1 fully saturated rings. The molecule has 3 nitrogen and oxygen atoms in total. The number of anilines is 1. The molecule has 1 atom stereocenters. The Labute approximate surface area is 111 Å². The summed E-state index contributed by atoms with van der Waals surface area (Å²) in [6.07, 6.45) is 0.906. The van der Waals surface area contributed by atoms with E-state index in [4.69, 9.17) is 23.2 Å². The van der Waals surface area contributed by atoms with Gasteiger partial charge in [-0.25, -0.2) is 0 Å². The normalized spacial score (nSPS) is 20.5. The second-order valence-electron chi connectivity index (χ2n) is 4.37. The van der Waals surface area contributed by atoms with Crippen LogP contribution < -0.4 is 5.32 Å². The molecule has 1 aliphatic heterocycles. The molecule has 1 amide bonds. The molecule has 0 bridgehead atoms. The summed E-state index contributed by atoms with van der Waals surface area (Å²) in [5.74, 6) is 0.113. The Kier molecular flexibility index (Phi) is 3.92. The summed E-state index contributed by atoms with van der Waals surface area (Å²) in [5.41, 5.74) is 0.693. The van der Waals surface area contributed by atoms with Crippen LogP contribution >= 0.6 is 23.2 Å². The third-order valence-electron chi connectivity index (χ3n) is 2.95. The summed E-state index contributed by atoms with van der Waals surface area (Å²) in [4.78, 5) is 14.1. The van der Waals surface area contributed by atoms with E-state index in [9.17, 15) is 4.79 Å². The number of hydrogen-bond acceptors (Lipinski definition) is 2. The van der Waals surface area contributed by atoms with Crippen LogP contribution in [0.5, 0.6) is 0 Å². The third-order valence-corrected chi connectivity index (χ3v) is 3.69. The van der Waals surface area contributed by atoms with Gasteiger partial charge in [0.15, 0.2) is 0 Å². The van der Waals surface area contributed by atoms with Crippen LogP contribution in [0.25, 0.3) is 0 Å². The number of nitrogens with zero attached hydrogens (tertiary/aromatic N) is 1. The summed E-state index contributed by atoms with van der Waals surface area (Å²) >= 11 is 11.7. The average molecular weight is 273 g/mol. The molecular formula is C12H14Cl2N2O. The van der Waals surface area contributed by atoms with E-state index in [1.807, 2.05) is 7.05 Å².